The van der Waals surface area contributed by atoms with E-state index in [1.807, 2.05) is 0 Å². The Morgan fingerprint density at radius 3 is 2.22 bits per heavy atom. The summed E-state index contributed by atoms with van der Waals surface area (Å²) in [5, 5.41) is 9.38. The van der Waals surface area contributed by atoms with Gasteiger partial charge in [0.25, 0.3) is 0 Å². The van der Waals surface area contributed by atoms with Crippen molar-refractivity contribution < 1.29 is 14.3 Å². The maximum Gasteiger partial charge on any atom is 0.225 e. The molecule has 1 N–H and O–H groups in total. The smallest absolute Gasteiger partial charge is 0.225 e. The number of aliphatic hydroxyl groups excluding tert-OH is 1. The molecular formula is C14H26FNO2. The van der Waals surface area contributed by atoms with E-state index in [2.05, 4.69) is 13.8 Å². The molecule has 0 aromatic rings. The SMILES string of the molecule is CCCCC(CCCC)C(=O)N1C[C@H](O)[C@@H](F)C1. The van der Waals surface area contributed by atoms with Crippen molar-refractivity contribution in [2.45, 2.75) is 64.6 Å². The molecule has 1 rings (SSSR count). The number of unbranched alkanes of at least 4 members (excludes halogenated alkanes) is 2. The number of amides is 1. The van der Waals surface area contributed by atoms with Gasteiger partial charge in [0.2, 0.25) is 5.91 Å². The van der Waals surface area contributed by atoms with E-state index in [1.54, 1.807) is 0 Å². The number of carbonyl (C=O) groups excluding carboxylic acids is 1. The molecule has 1 amide bonds. The number of likely N-dealkylation sites (tertiary alicyclic amines) is 1. The van der Waals surface area contributed by atoms with Gasteiger partial charge in [-0.2, -0.15) is 0 Å². The van der Waals surface area contributed by atoms with Crippen molar-refractivity contribution in [3.63, 3.8) is 0 Å². The fourth-order valence-electron chi connectivity index (χ4n) is 2.48. The third kappa shape index (κ3) is 4.23. The van der Waals surface area contributed by atoms with E-state index in [0.29, 0.717) is 0 Å². The van der Waals surface area contributed by atoms with Crippen molar-refractivity contribution in [1.29, 1.82) is 0 Å². The average molecular weight is 259 g/mol. The quantitative estimate of drug-likeness (QED) is 0.763. The third-order valence-corrected chi connectivity index (χ3v) is 3.69. The van der Waals surface area contributed by atoms with Crippen LogP contribution in [0.2, 0.25) is 0 Å². The van der Waals surface area contributed by atoms with Gasteiger partial charge >= 0.3 is 0 Å². The molecule has 1 fully saturated rings. The van der Waals surface area contributed by atoms with Crippen molar-refractivity contribution in [2.24, 2.45) is 5.92 Å². The van der Waals surface area contributed by atoms with Crippen molar-refractivity contribution in [2.75, 3.05) is 13.1 Å². The topological polar surface area (TPSA) is 40.5 Å². The Labute approximate surface area is 109 Å². The van der Waals surface area contributed by atoms with E-state index in [0.717, 1.165) is 38.5 Å². The predicted octanol–water partition coefficient (Wildman–Crippen LogP) is 2.52. The largest absolute Gasteiger partial charge is 0.388 e. The fraction of sp³-hybridized carbons (Fsp3) is 0.929. The number of rotatable bonds is 7. The summed E-state index contributed by atoms with van der Waals surface area (Å²) in [5.41, 5.74) is 0. The van der Waals surface area contributed by atoms with Gasteiger partial charge in [0.1, 0.15) is 12.3 Å². The minimum atomic E-state index is -1.27. The zero-order chi connectivity index (χ0) is 13.5. The number of alkyl halides is 1. The van der Waals surface area contributed by atoms with Crippen LogP contribution >= 0.6 is 0 Å². The first-order chi connectivity index (χ1) is 8.60. The number of aliphatic hydroxyl groups is 1. The number of hydrogen-bond acceptors (Lipinski definition) is 2. The molecule has 106 valence electrons. The molecule has 2 atom stereocenters. The summed E-state index contributed by atoms with van der Waals surface area (Å²) in [7, 11) is 0. The Balaban J connectivity index is 2.52. The Kier molecular flexibility index (Phi) is 6.61. The van der Waals surface area contributed by atoms with Gasteiger partial charge in [-0.15, -0.1) is 0 Å². The first-order valence-corrected chi connectivity index (χ1v) is 7.21. The maximum absolute atomic E-state index is 13.3. The van der Waals surface area contributed by atoms with Crippen LogP contribution in [0.4, 0.5) is 4.39 Å². The van der Waals surface area contributed by atoms with Gasteiger partial charge in [0, 0.05) is 12.5 Å². The highest BCUT2D eigenvalue weighted by Gasteiger charge is 2.36. The highest BCUT2D eigenvalue weighted by atomic mass is 19.1. The van der Waals surface area contributed by atoms with E-state index in [-0.39, 0.29) is 24.9 Å². The number of nitrogens with zero attached hydrogens (tertiary/aromatic N) is 1. The Morgan fingerprint density at radius 1 is 1.28 bits per heavy atom. The van der Waals surface area contributed by atoms with Crippen LogP contribution < -0.4 is 0 Å². The monoisotopic (exact) mass is 259 g/mol. The summed E-state index contributed by atoms with van der Waals surface area (Å²) in [4.78, 5) is 13.8. The molecule has 0 aromatic carbocycles. The molecule has 4 heteroatoms. The second-order valence-electron chi connectivity index (χ2n) is 5.31. The number of halogens is 1. The normalized spacial score (nSPS) is 23.9. The Hall–Kier alpha value is -0.640. The van der Waals surface area contributed by atoms with Crippen LogP contribution in [-0.4, -0.2) is 41.3 Å². The zero-order valence-corrected chi connectivity index (χ0v) is 11.6. The minimum Gasteiger partial charge on any atom is -0.388 e. The maximum atomic E-state index is 13.3. The lowest BCUT2D eigenvalue weighted by atomic mass is 9.94. The Morgan fingerprint density at radius 2 is 1.83 bits per heavy atom. The van der Waals surface area contributed by atoms with E-state index < -0.39 is 12.3 Å². The number of β-amino-alcohol motifs (C(OH)–C–C–N with tert-alkyl or cyclic N) is 1. The first-order valence-electron chi connectivity index (χ1n) is 7.21. The van der Waals surface area contributed by atoms with Gasteiger partial charge < -0.3 is 10.0 Å². The summed E-state index contributed by atoms with van der Waals surface area (Å²) < 4.78 is 13.3. The molecule has 0 spiro atoms. The molecule has 1 aliphatic heterocycles. The van der Waals surface area contributed by atoms with E-state index in [4.69, 9.17) is 0 Å². The lowest BCUT2D eigenvalue weighted by Gasteiger charge is -2.23. The van der Waals surface area contributed by atoms with Gasteiger partial charge in [-0.1, -0.05) is 39.5 Å². The molecule has 3 nitrogen and oxygen atoms in total. The molecular weight excluding hydrogens is 233 g/mol. The summed E-state index contributed by atoms with van der Waals surface area (Å²) in [6.45, 7) is 4.45. The predicted molar refractivity (Wildman–Crippen MR) is 70.0 cm³/mol. The van der Waals surface area contributed by atoms with Crippen LogP contribution in [0.5, 0.6) is 0 Å². The van der Waals surface area contributed by atoms with E-state index in [9.17, 15) is 14.3 Å². The molecule has 1 saturated heterocycles. The van der Waals surface area contributed by atoms with Crippen molar-refractivity contribution in [3.05, 3.63) is 0 Å². The summed E-state index contributed by atoms with van der Waals surface area (Å²) in [6, 6.07) is 0. The summed E-state index contributed by atoms with van der Waals surface area (Å²) in [5.74, 6) is 0.0542. The van der Waals surface area contributed by atoms with Crippen LogP contribution in [0.1, 0.15) is 52.4 Å². The van der Waals surface area contributed by atoms with Gasteiger partial charge in [0.05, 0.1) is 6.54 Å². The summed E-state index contributed by atoms with van der Waals surface area (Å²) >= 11 is 0. The lowest BCUT2D eigenvalue weighted by Crippen LogP contribution is -2.35. The standard InChI is InChI=1S/C14H26FNO2/c1-3-5-7-11(8-6-4-2)14(18)16-9-12(15)13(17)10-16/h11-13,17H,3-10H2,1-2H3/t12-,13-/m0/s1. The van der Waals surface area contributed by atoms with Crippen LogP contribution in [0, 0.1) is 5.92 Å². The van der Waals surface area contributed by atoms with Crippen molar-refractivity contribution >= 4 is 5.91 Å². The Bertz CT molecular complexity index is 242. The van der Waals surface area contributed by atoms with Gasteiger partial charge in [0.15, 0.2) is 0 Å². The molecule has 1 heterocycles. The fourth-order valence-corrected chi connectivity index (χ4v) is 2.48. The molecule has 0 aromatic heterocycles. The van der Waals surface area contributed by atoms with Gasteiger partial charge in [-0.05, 0) is 12.8 Å². The molecule has 1 aliphatic rings. The number of hydrogen-bond donors (Lipinski definition) is 1. The molecule has 0 bridgehead atoms. The zero-order valence-electron chi connectivity index (χ0n) is 11.6. The van der Waals surface area contributed by atoms with Crippen LogP contribution in [-0.2, 0) is 4.79 Å². The van der Waals surface area contributed by atoms with E-state index >= 15 is 0 Å². The van der Waals surface area contributed by atoms with Crippen molar-refractivity contribution in [1.82, 2.24) is 4.90 Å². The van der Waals surface area contributed by atoms with Crippen LogP contribution in [0.15, 0.2) is 0 Å². The second-order valence-corrected chi connectivity index (χ2v) is 5.31. The minimum absolute atomic E-state index is 0.0161. The third-order valence-electron chi connectivity index (χ3n) is 3.69. The molecule has 0 unspecified atom stereocenters. The molecule has 0 saturated carbocycles. The highest BCUT2D eigenvalue weighted by Crippen LogP contribution is 2.22. The first kappa shape index (κ1) is 15.4. The van der Waals surface area contributed by atoms with Gasteiger partial charge in [-0.3, -0.25) is 4.79 Å². The molecule has 0 aliphatic carbocycles. The van der Waals surface area contributed by atoms with Crippen LogP contribution in [0.3, 0.4) is 0 Å². The van der Waals surface area contributed by atoms with E-state index in [1.165, 1.54) is 4.90 Å². The molecule has 18 heavy (non-hydrogen) atoms. The van der Waals surface area contributed by atoms with Crippen molar-refractivity contribution in [3.8, 4) is 0 Å². The van der Waals surface area contributed by atoms with Crippen LogP contribution in [0.25, 0.3) is 0 Å². The number of carbonyl (C=O) groups is 1. The van der Waals surface area contributed by atoms with Gasteiger partial charge in [-0.25, -0.2) is 4.39 Å². The highest BCUT2D eigenvalue weighted by molar-refractivity contribution is 5.79. The second kappa shape index (κ2) is 7.72. The molecule has 0 radical (unpaired) electrons. The summed E-state index contributed by atoms with van der Waals surface area (Å²) in [6.07, 6.45) is 3.73. The lowest BCUT2D eigenvalue weighted by molar-refractivity contribution is -0.135. The average Bonchev–Trinajstić information content (AvgIpc) is 2.69.